The van der Waals surface area contributed by atoms with Gasteiger partial charge in [0, 0.05) is 22.7 Å². The van der Waals surface area contributed by atoms with Gasteiger partial charge in [-0.25, -0.2) is 0 Å². The molecule has 2 aromatic carbocycles. The van der Waals surface area contributed by atoms with Gasteiger partial charge in [-0.1, -0.05) is 0 Å². The van der Waals surface area contributed by atoms with E-state index in [1.807, 2.05) is 0 Å². The Kier molecular flexibility index (Phi) is 6.05. The number of nitrogens with zero attached hydrogens (tertiary/aromatic N) is 1. The zero-order chi connectivity index (χ0) is 23.5. The number of hydrogen-bond acceptors (Lipinski definition) is 7. The molecule has 2 aliphatic rings. The van der Waals surface area contributed by atoms with Crippen LogP contribution in [0, 0.1) is 0 Å². The smallest absolute Gasteiger partial charge is 0.326 e. The molecule has 4 rings (SSSR count). The Labute approximate surface area is 187 Å². The average molecular weight is 452 g/mol. The molecule has 0 spiro atoms. The molecule has 2 aromatic rings. The third-order valence-electron chi connectivity index (χ3n) is 5.13. The quantitative estimate of drug-likeness (QED) is 0.437. The lowest BCUT2D eigenvalue weighted by Gasteiger charge is -2.21. The van der Waals surface area contributed by atoms with Gasteiger partial charge in [0.2, 0.25) is 11.8 Å². The number of hydrogen-bond donors (Lipinski definition) is 4. The van der Waals surface area contributed by atoms with Crippen molar-refractivity contribution in [2.75, 3.05) is 40.6 Å². The van der Waals surface area contributed by atoms with Crippen molar-refractivity contribution >= 4 is 52.3 Å². The Balaban J connectivity index is 1.34. The van der Waals surface area contributed by atoms with Gasteiger partial charge in [-0.2, -0.15) is 0 Å². The predicted octanol–water partition coefficient (Wildman–Crippen LogP) is 0.183. The van der Waals surface area contributed by atoms with Crippen molar-refractivity contribution in [2.45, 2.75) is 12.8 Å². The van der Waals surface area contributed by atoms with Crippen molar-refractivity contribution in [3.8, 4) is 0 Å². The standard InChI is InChI=1S/C22H20N4O7/c27-10-21(31)26(15-2-4-17-13(6-15)8-19(29)25-17)9-22(32)33-11-20(30)23-14-1-3-16-12(5-14)7-18(28)24-16/h1-6,27H,7-11H2,(H,23,30)(H,24,28)(H,25,29). The first-order chi connectivity index (χ1) is 15.8. The fraction of sp³-hybridized carbons (Fsp3) is 0.227. The molecule has 0 saturated carbocycles. The maximum Gasteiger partial charge on any atom is 0.326 e. The van der Waals surface area contributed by atoms with Crippen LogP contribution in [-0.2, 0) is 41.6 Å². The summed E-state index contributed by atoms with van der Waals surface area (Å²) in [5.41, 5.74) is 3.47. The molecule has 2 heterocycles. The van der Waals surface area contributed by atoms with Crippen LogP contribution in [-0.4, -0.2) is 54.5 Å². The summed E-state index contributed by atoms with van der Waals surface area (Å²) in [5.74, 6) is -2.50. The van der Waals surface area contributed by atoms with E-state index in [4.69, 9.17) is 4.74 Å². The Morgan fingerprint density at radius 3 is 2.27 bits per heavy atom. The number of aliphatic hydroxyl groups is 1. The normalized spacial score (nSPS) is 13.5. The van der Waals surface area contributed by atoms with Crippen LogP contribution in [0.25, 0.3) is 0 Å². The van der Waals surface area contributed by atoms with Gasteiger partial charge in [-0.3, -0.25) is 28.9 Å². The molecule has 0 aliphatic carbocycles. The highest BCUT2D eigenvalue weighted by atomic mass is 16.5. The minimum Gasteiger partial charge on any atom is -0.454 e. The molecule has 0 saturated heterocycles. The van der Waals surface area contributed by atoms with Gasteiger partial charge in [0.25, 0.3) is 11.8 Å². The van der Waals surface area contributed by atoms with E-state index in [2.05, 4.69) is 16.0 Å². The van der Waals surface area contributed by atoms with Crippen molar-refractivity contribution in [3.05, 3.63) is 47.5 Å². The second-order valence-electron chi connectivity index (χ2n) is 7.51. The summed E-state index contributed by atoms with van der Waals surface area (Å²) in [7, 11) is 0. The SMILES string of the molecule is O=C(COC(=O)CN(C(=O)CO)c1ccc2c(c1)CC(=O)N2)Nc1ccc2c(c1)CC(=O)N2. The Bertz CT molecular complexity index is 1180. The number of esters is 1. The van der Waals surface area contributed by atoms with E-state index in [0.717, 1.165) is 10.5 Å². The van der Waals surface area contributed by atoms with E-state index in [1.54, 1.807) is 30.3 Å². The Hall–Kier alpha value is -4.25. The molecule has 33 heavy (non-hydrogen) atoms. The number of anilines is 4. The van der Waals surface area contributed by atoms with Crippen LogP contribution in [0.5, 0.6) is 0 Å². The van der Waals surface area contributed by atoms with E-state index in [0.29, 0.717) is 28.3 Å². The second kappa shape index (κ2) is 9.09. The van der Waals surface area contributed by atoms with Crippen LogP contribution in [0.1, 0.15) is 11.1 Å². The van der Waals surface area contributed by atoms with Crippen LogP contribution in [0.15, 0.2) is 36.4 Å². The van der Waals surface area contributed by atoms with Crippen molar-refractivity contribution in [1.82, 2.24) is 0 Å². The fourth-order valence-electron chi connectivity index (χ4n) is 3.62. The highest BCUT2D eigenvalue weighted by Crippen LogP contribution is 2.28. The summed E-state index contributed by atoms with van der Waals surface area (Å²) in [6, 6.07) is 9.65. The molecule has 0 bridgehead atoms. The zero-order valence-corrected chi connectivity index (χ0v) is 17.3. The minimum atomic E-state index is -0.856. The lowest BCUT2D eigenvalue weighted by molar-refractivity contribution is -0.146. The van der Waals surface area contributed by atoms with Gasteiger partial charge in [-0.15, -0.1) is 0 Å². The van der Waals surface area contributed by atoms with Gasteiger partial charge in [-0.05, 0) is 47.5 Å². The lowest BCUT2D eigenvalue weighted by atomic mass is 10.1. The number of carbonyl (C=O) groups is 5. The number of rotatable bonds is 7. The third-order valence-corrected chi connectivity index (χ3v) is 5.13. The van der Waals surface area contributed by atoms with Crippen molar-refractivity contribution < 1.29 is 33.8 Å². The fourth-order valence-corrected chi connectivity index (χ4v) is 3.62. The van der Waals surface area contributed by atoms with Crippen molar-refractivity contribution in [1.29, 1.82) is 0 Å². The molecule has 4 amide bonds. The average Bonchev–Trinajstić information content (AvgIpc) is 3.34. The van der Waals surface area contributed by atoms with E-state index in [-0.39, 0.29) is 24.7 Å². The minimum absolute atomic E-state index is 0.129. The predicted molar refractivity (Wildman–Crippen MR) is 117 cm³/mol. The van der Waals surface area contributed by atoms with Crippen LogP contribution in [0.2, 0.25) is 0 Å². The van der Waals surface area contributed by atoms with Crippen LogP contribution in [0.4, 0.5) is 22.7 Å². The summed E-state index contributed by atoms with van der Waals surface area (Å²) in [4.78, 5) is 60.6. The molecule has 11 heteroatoms. The first kappa shape index (κ1) is 22.0. The maximum atomic E-state index is 12.3. The molecule has 170 valence electrons. The number of benzene rings is 2. The van der Waals surface area contributed by atoms with E-state index < -0.39 is 37.5 Å². The van der Waals surface area contributed by atoms with Gasteiger partial charge in [0.15, 0.2) is 6.61 Å². The second-order valence-corrected chi connectivity index (χ2v) is 7.51. The van der Waals surface area contributed by atoms with Crippen LogP contribution >= 0.6 is 0 Å². The number of amides is 4. The highest BCUT2D eigenvalue weighted by molar-refractivity contribution is 6.03. The molecule has 0 radical (unpaired) electrons. The summed E-state index contributed by atoms with van der Waals surface area (Å²) >= 11 is 0. The van der Waals surface area contributed by atoms with Gasteiger partial charge < -0.3 is 25.8 Å². The lowest BCUT2D eigenvalue weighted by Crippen LogP contribution is -2.39. The van der Waals surface area contributed by atoms with E-state index >= 15 is 0 Å². The van der Waals surface area contributed by atoms with Gasteiger partial charge in [0.05, 0.1) is 12.8 Å². The van der Waals surface area contributed by atoms with E-state index in [1.165, 1.54) is 6.07 Å². The molecule has 0 atom stereocenters. The number of fused-ring (bicyclic) bond motifs is 2. The zero-order valence-electron chi connectivity index (χ0n) is 17.3. The van der Waals surface area contributed by atoms with Gasteiger partial charge in [0.1, 0.15) is 13.2 Å². The summed E-state index contributed by atoms with van der Waals surface area (Å²) < 4.78 is 4.98. The monoisotopic (exact) mass is 452 g/mol. The molecular formula is C22H20N4O7. The molecule has 0 aromatic heterocycles. The maximum absolute atomic E-state index is 12.3. The molecular weight excluding hydrogens is 432 g/mol. The molecule has 0 fully saturated rings. The Morgan fingerprint density at radius 1 is 0.970 bits per heavy atom. The molecule has 2 aliphatic heterocycles. The van der Waals surface area contributed by atoms with Crippen molar-refractivity contribution in [2.24, 2.45) is 0 Å². The van der Waals surface area contributed by atoms with Crippen LogP contribution < -0.4 is 20.9 Å². The highest BCUT2D eigenvalue weighted by Gasteiger charge is 2.24. The molecule has 11 nitrogen and oxygen atoms in total. The molecule has 4 N–H and O–H groups in total. The number of aliphatic hydroxyl groups excluding tert-OH is 1. The van der Waals surface area contributed by atoms with Gasteiger partial charge >= 0.3 is 5.97 Å². The third kappa shape index (κ3) is 4.99. The van der Waals surface area contributed by atoms with E-state index in [9.17, 15) is 29.1 Å². The number of nitrogens with one attached hydrogen (secondary N) is 3. The molecule has 0 unspecified atom stereocenters. The first-order valence-corrected chi connectivity index (χ1v) is 10.0. The summed E-state index contributed by atoms with van der Waals surface area (Å²) in [6.45, 7) is -1.95. The topological polar surface area (TPSA) is 154 Å². The largest absolute Gasteiger partial charge is 0.454 e. The summed E-state index contributed by atoms with van der Waals surface area (Å²) in [5, 5.41) is 17.2. The van der Waals surface area contributed by atoms with Crippen molar-refractivity contribution in [3.63, 3.8) is 0 Å². The number of carbonyl (C=O) groups excluding carboxylic acids is 5. The number of ether oxygens (including phenoxy) is 1. The summed E-state index contributed by atoms with van der Waals surface area (Å²) in [6.07, 6.45) is 0.359. The van der Waals surface area contributed by atoms with Crippen LogP contribution in [0.3, 0.4) is 0 Å². The Morgan fingerprint density at radius 2 is 1.61 bits per heavy atom. The first-order valence-electron chi connectivity index (χ1n) is 10.0.